The molecule has 2 aromatic rings. The van der Waals surface area contributed by atoms with E-state index in [9.17, 15) is 31.1 Å². The molecule has 0 atom stereocenters. The summed E-state index contributed by atoms with van der Waals surface area (Å²) in [6, 6.07) is 9.68. The minimum atomic E-state index is -4.93. The summed E-state index contributed by atoms with van der Waals surface area (Å²) in [4.78, 5) is 15.2. The molecule has 1 saturated heterocycles. The number of carbonyl (C=O) groups excluding carboxylic acids is 1. The summed E-state index contributed by atoms with van der Waals surface area (Å²) in [5, 5.41) is 9.09. The van der Waals surface area contributed by atoms with Crippen molar-refractivity contribution < 1.29 is 40.6 Å². The van der Waals surface area contributed by atoms with Gasteiger partial charge in [-0.3, -0.25) is 4.79 Å². The number of rotatable bonds is 10. The van der Waals surface area contributed by atoms with Gasteiger partial charge in [-0.2, -0.15) is 0 Å². The Labute approximate surface area is 257 Å². The Balaban J connectivity index is 1.28. The van der Waals surface area contributed by atoms with E-state index in [0.717, 1.165) is 57.2 Å². The number of halogens is 6. The average molecular weight is 647 g/mol. The third-order valence-corrected chi connectivity index (χ3v) is 7.93. The van der Waals surface area contributed by atoms with Crippen molar-refractivity contribution in [2.45, 2.75) is 70.1 Å². The van der Waals surface area contributed by atoms with E-state index in [-0.39, 0.29) is 28.4 Å². The molecule has 0 unspecified atom stereocenters. The Bertz CT molecular complexity index is 1260. The molecule has 7 nitrogen and oxygen atoms in total. The first-order valence-corrected chi connectivity index (χ1v) is 15.1. The number of likely N-dealkylation sites (tertiary alicyclic amines) is 1. The predicted octanol–water partition coefficient (Wildman–Crippen LogP) is 6.79. The molecule has 2 fully saturated rings. The lowest BCUT2D eigenvalue weighted by molar-refractivity contribution is -0.275. The van der Waals surface area contributed by atoms with Crippen LogP contribution in [0.2, 0.25) is 0 Å². The maximum absolute atomic E-state index is 13.1. The van der Waals surface area contributed by atoms with Crippen LogP contribution in [0.15, 0.2) is 42.5 Å². The molecule has 242 valence electrons. The van der Waals surface area contributed by atoms with Gasteiger partial charge in [-0.05, 0) is 106 Å². The lowest BCUT2D eigenvalue weighted by Crippen LogP contribution is -2.40. The van der Waals surface area contributed by atoms with Crippen LogP contribution in [-0.4, -0.2) is 60.9 Å². The molecule has 0 spiro atoms. The fourth-order valence-electron chi connectivity index (χ4n) is 5.67. The zero-order chi connectivity index (χ0) is 31.7. The number of ether oxygens (including phenoxy) is 2. The molecule has 1 aliphatic carbocycles. The number of anilines is 1. The quantitative estimate of drug-likeness (QED) is 0.194. The van der Waals surface area contributed by atoms with Gasteiger partial charge in [0.25, 0.3) is 5.91 Å². The molecular weight excluding hydrogens is 610 g/mol. The molecule has 3 N–H and O–H groups in total. The second kappa shape index (κ2) is 15.2. The molecule has 0 aromatic heterocycles. The van der Waals surface area contributed by atoms with Crippen LogP contribution in [0.1, 0.15) is 60.9 Å². The summed E-state index contributed by atoms with van der Waals surface area (Å²) in [7, 11) is 0. The molecule has 44 heavy (non-hydrogen) atoms. The summed E-state index contributed by atoms with van der Waals surface area (Å²) in [5.74, 6) is -1.24. The molecule has 1 saturated carbocycles. The predicted molar refractivity (Wildman–Crippen MR) is 158 cm³/mol. The van der Waals surface area contributed by atoms with E-state index in [1.54, 1.807) is 12.1 Å². The van der Waals surface area contributed by atoms with Gasteiger partial charge in [0.1, 0.15) is 11.5 Å². The van der Waals surface area contributed by atoms with Crippen molar-refractivity contribution in [2.24, 2.45) is 5.92 Å². The summed E-state index contributed by atoms with van der Waals surface area (Å²) in [6.07, 6.45) is -2.60. The Morgan fingerprint density at radius 1 is 0.909 bits per heavy atom. The fourth-order valence-corrected chi connectivity index (χ4v) is 5.95. The van der Waals surface area contributed by atoms with Crippen LogP contribution in [0.25, 0.3) is 0 Å². The van der Waals surface area contributed by atoms with Crippen molar-refractivity contribution in [3.05, 3.63) is 53.6 Å². The van der Waals surface area contributed by atoms with E-state index < -0.39 is 24.4 Å². The number of benzene rings is 2. The number of piperidine rings is 1. The second-order valence-corrected chi connectivity index (χ2v) is 11.5. The van der Waals surface area contributed by atoms with Gasteiger partial charge in [-0.1, -0.05) is 18.6 Å². The number of nitrogens with one attached hydrogen (secondary N) is 3. The van der Waals surface area contributed by atoms with Crippen molar-refractivity contribution in [2.75, 3.05) is 31.5 Å². The zero-order valence-corrected chi connectivity index (χ0v) is 24.8. The van der Waals surface area contributed by atoms with Gasteiger partial charge in [0.05, 0.1) is 5.56 Å². The summed E-state index contributed by atoms with van der Waals surface area (Å²) in [5.41, 5.74) is 0.951. The average Bonchev–Trinajstić information content (AvgIpc) is 2.94. The number of alkyl halides is 6. The van der Waals surface area contributed by atoms with Crippen molar-refractivity contribution in [3.63, 3.8) is 0 Å². The van der Waals surface area contributed by atoms with Gasteiger partial charge < -0.3 is 30.3 Å². The van der Waals surface area contributed by atoms with Crippen molar-refractivity contribution in [1.29, 1.82) is 0 Å². The first kappa shape index (κ1) is 33.6. The van der Waals surface area contributed by atoms with E-state index in [1.807, 2.05) is 0 Å². The maximum Gasteiger partial charge on any atom is 0.573 e. The van der Waals surface area contributed by atoms with E-state index in [2.05, 4.69) is 30.3 Å². The standard InChI is InChI=1S/C30H36F6N4O3S/c31-29(32,33)42-24-6-4-5-23(19-24)39-28(44)38-22-10-7-20(8-11-22)17-21-9-12-26(43-30(34,35)36)25(18-21)27(41)37-13-16-40-14-2-1-3-15-40/h4-6,9,12,18-20,22H,1-3,7-8,10-11,13-17H2,(H,37,41)(H2,38,39,44). The summed E-state index contributed by atoms with van der Waals surface area (Å²) >= 11 is 5.34. The molecule has 1 aliphatic heterocycles. The van der Waals surface area contributed by atoms with Crippen molar-refractivity contribution in [1.82, 2.24) is 15.5 Å². The van der Waals surface area contributed by atoms with Gasteiger partial charge in [0.15, 0.2) is 5.11 Å². The molecule has 2 aliphatic rings. The largest absolute Gasteiger partial charge is 0.573 e. The van der Waals surface area contributed by atoms with Gasteiger partial charge >= 0.3 is 12.7 Å². The number of nitrogens with zero attached hydrogens (tertiary/aromatic N) is 1. The SMILES string of the molecule is O=C(NCCN1CCCCC1)c1cc(CC2CCC(NC(=S)Nc3cccc(OC(F)(F)F)c3)CC2)ccc1OC(F)(F)F. The Morgan fingerprint density at radius 3 is 2.30 bits per heavy atom. The molecule has 0 radical (unpaired) electrons. The van der Waals surface area contributed by atoms with Gasteiger partial charge in [0, 0.05) is 30.9 Å². The third kappa shape index (κ3) is 11.3. The second-order valence-electron chi connectivity index (χ2n) is 11.1. The third-order valence-electron chi connectivity index (χ3n) is 7.71. The molecule has 14 heteroatoms. The molecule has 1 heterocycles. The van der Waals surface area contributed by atoms with Crippen LogP contribution in [0.4, 0.5) is 32.0 Å². The molecule has 2 aromatic carbocycles. The smallest absolute Gasteiger partial charge is 0.406 e. The van der Waals surface area contributed by atoms with Crippen LogP contribution in [0.5, 0.6) is 11.5 Å². The highest BCUT2D eigenvalue weighted by Gasteiger charge is 2.33. The van der Waals surface area contributed by atoms with E-state index in [4.69, 9.17) is 12.2 Å². The van der Waals surface area contributed by atoms with Gasteiger partial charge in [-0.25, -0.2) is 0 Å². The van der Waals surface area contributed by atoms with Crippen LogP contribution < -0.4 is 25.4 Å². The highest BCUT2D eigenvalue weighted by Crippen LogP contribution is 2.32. The van der Waals surface area contributed by atoms with Crippen LogP contribution in [0, 0.1) is 5.92 Å². The van der Waals surface area contributed by atoms with Gasteiger partial charge in [0.2, 0.25) is 0 Å². The Morgan fingerprint density at radius 2 is 1.61 bits per heavy atom. The number of carbonyl (C=O) groups is 1. The van der Waals surface area contributed by atoms with Crippen LogP contribution in [0.3, 0.4) is 0 Å². The number of hydrogen-bond donors (Lipinski definition) is 3. The fraction of sp³-hybridized carbons (Fsp3) is 0.533. The highest BCUT2D eigenvalue weighted by molar-refractivity contribution is 7.80. The Hall–Kier alpha value is -3.26. The van der Waals surface area contributed by atoms with Crippen LogP contribution >= 0.6 is 12.2 Å². The number of amides is 1. The monoisotopic (exact) mass is 646 g/mol. The molecular formula is C30H36F6N4O3S. The van der Waals surface area contributed by atoms with Crippen molar-refractivity contribution in [3.8, 4) is 11.5 Å². The number of thiocarbonyl (C=S) groups is 1. The number of hydrogen-bond acceptors (Lipinski definition) is 5. The molecule has 0 bridgehead atoms. The lowest BCUT2D eigenvalue weighted by Gasteiger charge is -2.30. The van der Waals surface area contributed by atoms with Crippen molar-refractivity contribution >= 4 is 28.9 Å². The molecule has 4 rings (SSSR count). The lowest BCUT2D eigenvalue weighted by atomic mass is 9.82. The zero-order valence-electron chi connectivity index (χ0n) is 24.0. The minimum Gasteiger partial charge on any atom is -0.406 e. The first-order chi connectivity index (χ1) is 20.8. The Kier molecular flexibility index (Phi) is 11.6. The molecule has 1 amide bonds. The highest BCUT2D eigenvalue weighted by atomic mass is 32.1. The first-order valence-electron chi connectivity index (χ1n) is 14.7. The maximum atomic E-state index is 13.1. The normalized spacial score (nSPS) is 19.6. The van der Waals surface area contributed by atoms with Crippen LogP contribution in [-0.2, 0) is 6.42 Å². The van der Waals surface area contributed by atoms with E-state index >= 15 is 0 Å². The summed E-state index contributed by atoms with van der Waals surface area (Å²) in [6.45, 7) is 2.86. The minimum absolute atomic E-state index is 0.0460. The topological polar surface area (TPSA) is 74.9 Å². The van der Waals surface area contributed by atoms with E-state index in [1.165, 1.54) is 36.8 Å². The van der Waals surface area contributed by atoms with E-state index in [0.29, 0.717) is 25.2 Å². The summed E-state index contributed by atoms with van der Waals surface area (Å²) < 4.78 is 84.8. The van der Waals surface area contributed by atoms with Gasteiger partial charge in [-0.15, -0.1) is 26.3 Å².